The molecule has 1 aliphatic rings. The van der Waals surface area contributed by atoms with Gasteiger partial charge >= 0.3 is 0 Å². The smallest absolute Gasteiger partial charge is 0.123 e. The minimum Gasteiger partial charge on any atom is -0.310 e. The predicted octanol–water partition coefficient (Wildman–Crippen LogP) is 3.28. The van der Waals surface area contributed by atoms with Gasteiger partial charge in [0.1, 0.15) is 5.82 Å². The van der Waals surface area contributed by atoms with E-state index < -0.39 is 0 Å². The molecule has 2 heteroatoms. The van der Waals surface area contributed by atoms with E-state index in [0.717, 1.165) is 19.4 Å². The molecule has 1 unspecified atom stereocenters. The Bertz CT molecular complexity index is 386. The molecule has 90 valence electrons. The van der Waals surface area contributed by atoms with E-state index in [1.165, 1.54) is 30.5 Å². The average molecular weight is 231 g/mol. The summed E-state index contributed by atoms with van der Waals surface area (Å²) in [5.74, 6) is 3.19. The van der Waals surface area contributed by atoms with Crippen LogP contribution in [0.25, 0.3) is 0 Å². The summed E-state index contributed by atoms with van der Waals surface area (Å²) in [6, 6.07) is 7.20. The molecule has 1 fully saturated rings. The molecule has 1 atom stereocenters. The van der Waals surface area contributed by atoms with Crippen molar-refractivity contribution >= 4 is 0 Å². The first-order valence-electron chi connectivity index (χ1n) is 6.23. The largest absolute Gasteiger partial charge is 0.310 e. The van der Waals surface area contributed by atoms with Gasteiger partial charge in [-0.1, -0.05) is 12.1 Å². The van der Waals surface area contributed by atoms with E-state index in [9.17, 15) is 4.39 Å². The van der Waals surface area contributed by atoms with Crippen molar-refractivity contribution in [3.05, 3.63) is 35.6 Å². The molecule has 0 saturated heterocycles. The van der Waals surface area contributed by atoms with Gasteiger partial charge in [-0.25, -0.2) is 4.39 Å². The third-order valence-electron chi connectivity index (χ3n) is 3.18. The quantitative estimate of drug-likeness (QED) is 0.585. The van der Waals surface area contributed by atoms with Crippen LogP contribution in [0.15, 0.2) is 24.3 Å². The number of hydrogen-bond acceptors (Lipinski definition) is 1. The van der Waals surface area contributed by atoms with Crippen LogP contribution < -0.4 is 5.32 Å². The number of unbranched alkanes of at least 4 members (excludes halogenated alkanes) is 1. The lowest BCUT2D eigenvalue weighted by Gasteiger charge is -2.18. The van der Waals surface area contributed by atoms with Crippen LogP contribution in [0.2, 0.25) is 0 Å². The first-order valence-corrected chi connectivity index (χ1v) is 6.23. The number of rotatable bonds is 6. The molecular formula is C15H18FN. The lowest BCUT2D eigenvalue weighted by atomic mass is 10.0. The minimum atomic E-state index is -0.171. The second-order valence-corrected chi connectivity index (χ2v) is 4.63. The molecule has 0 aromatic heterocycles. The first-order chi connectivity index (χ1) is 8.31. The number of halogens is 1. The summed E-state index contributed by atoms with van der Waals surface area (Å²) in [5.41, 5.74) is 1.19. The highest BCUT2D eigenvalue weighted by Gasteiger charge is 2.31. The molecule has 1 aromatic rings. The summed E-state index contributed by atoms with van der Waals surface area (Å²) in [7, 11) is 0. The maximum Gasteiger partial charge on any atom is 0.123 e. The zero-order valence-corrected chi connectivity index (χ0v) is 9.95. The monoisotopic (exact) mass is 231 g/mol. The summed E-state index contributed by atoms with van der Waals surface area (Å²) < 4.78 is 12.9. The summed E-state index contributed by atoms with van der Waals surface area (Å²) in [6.45, 7) is 0.933. The summed E-state index contributed by atoms with van der Waals surface area (Å²) in [4.78, 5) is 0. The molecule has 1 saturated carbocycles. The zero-order chi connectivity index (χ0) is 12.1. The van der Waals surface area contributed by atoms with Crippen LogP contribution in [0.3, 0.4) is 0 Å². The van der Waals surface area contributed by atoms with Crippen molar-refractivity contribution < 1.29 is 4.39 Å². The molecule has 0 bridgehead atoms. The van der Waals surface area contributed by atoms with Crippen molar-refractivity contribution in [2.24, 2.45) is 5.92 Å². The lowest BCUT2D eigenvalue weighted by molar-refractivity contribution is 0.476. The van der Waals surface area contributed by atoms with Crippen LogP contribution in [0.1, 0.15) is 37.3 Å². The highest BCUT2D eigenvalue weighted by molar-refractivity contribution is 5.22. The van der Waals surface area contributed by atoms with Gasteiger partial charge in [0.05, 0.1) is 0 Å². The molecule has 0 radical (unpaired) electrons. The molecular weight excluding hydrogens is 213 g/mol. The number of nitrogens with one attached hydrogen (secondary N) is 1. The van der Waals surface area contributed by atoms with Crippen LogP contribution >= 0.6 is 0 Å². The van der Waals surface area contributed by atoms with Crippen molar-refractivity contribution in [2.45, 2.75) is 31.7 Å². The first kappa shape index (κ1) is 12.1. The van der Waals surface area contributed by atoms with Gasteiger partial charge in [-0.2, -0.15) is 0 Å². The highest BCUT2D eigenvalue weighted by atomic mass is 19.1. The second kappa shape index (κ2) is 5.84. The highest BCUT2D eigenvalue weighted by Crippen LogP contribution is 2.40. The van der Waals surface area contributed by atoms with E-state index in [1.807, 2.05) is 12.1 Å². The van der Waals surface area contributed by atoms with Gasteiger partial charge in [0, 0.05) is 12.5 Å². The number of hydrogen-bond donors (Lipinski definition) is 1. The Morgan fingerprint density at radius 2 is 2.06 bits per heavy atom. The van der Waals surface area contributed by atoms with Crippen LogP contribution in [0, 0.1) is 24.1 Å². The van der Waals surface area contributed by atoms with Crippen molar-refractivity contribution in [1.82, 2.24) is 5.32 Å². The SMILES string of the molecule is C#CCCCNC(c1ccc(F)cc1)C1CC1. The van der Waals surface area contributed by atoms with E-state index >= 15 is 0 Å². The zero-order valence-electron chi connectivity index (χ0n) is 9.95. The molecule has 17 heavy (non-hydrogen) atoms. The Balaban J connectivity index is 1.93. The minimum absolute atomic E-state index is 0.171. The van der Waals surface area contributed by atoms with E-state index in [0.29, 0.717) is 12.0 Å². The fourth-order valence-electron chi connectivity index (χ4n) is 2.10. The van der Waals surface area contributed by atoms with Gasteiger partial charge in [-0.05, 0) is 49.4 Å². The van der Waals surface area contributed by atoms with E-state index in [2.05, 4.69) is 11.2 Å². The van der Waals surface area contributed by atoms with Crippen LogP contribution in [0.4, 0.5) is 4.39 Å². The van der Waals surface area contributed by atoms with Crippen molar-refractivity contribution in [3.63, 3.8) is 0 Å². The molecule has 1 aromatic carbocycles. The summed E-state index contributed by atoms with van der Waals surface area (Å²) in [5, 5.41) is 3.53. The molecule has 0 amide bonds. The standard InChI is InChI=1S/C15H18FN/c1-2-3-4-11-17-15(12-5-6-12)13-7-9-14(16)10-8-13/h1,7-10,12,15,17H,3-6,11H2. The maximum atomic E-state index is 12.9. The third kappa shape index (κ3) is 3.57. The molecule has 1 N–H and O–H groups in total. The third-order valence-corrected chi connectivity index (χ3v) is 3.18. The molecule has 0 spiro atoms. The lowest BCUT2D eigenvalue weighted by Crippen LogP contribution is -2.24. The van der Waals surface area contributed by atoms with E-state index in [1.54, 1.807) is 0 Å². The summed E-state index contributed by atoms with van der Waals surface area (Å²) >= 11 is 0. The van der Waals surface area contributed by atoms with Gasteiger partial charge in [0.15, 0.2) is 0 Å². The van der Waals surface area contributed by atoms with Crippen molar-refractivity contribution in [3.8, 4) is 12.3 Å². The average Bonchev–Trinajstić information content (AvgIpc) is 3.15. The number of benzene rings is 1. The molecule has 1 nitrogen and oxygen atoms in total. The number of terminal acetylenes is 1. The topological polar surface area (TPSA) is 12.0 Å². The van der Waals surface area contributed by atoms with Crippen LogP contribution in [-0.2, 0) is 0 Å². The van der Waals surface area contributed by atoms with E-state index in [-0.39, 0.29) is 5.82 Å². The van der Waals surface area contributed by atoms with Gasteiger partial charge in [-0.15, -0.1) is 12.3 Å². The fourth-order valence-corrected chi connectivity index (χ4v) is 2.10. The van der Waals surface area contributed by atoms with Gasteiger partial charge < -0.3 is 5.32 Å². The Morgan fingerprint density at radius 1 is 1.35 bits per heavy atom. The van der Waals surface area contributed by atoms with Crippen molar-refractivity contribution in [2.75, 3.05) is 6.54 Å². The van der Waals surface area contributed by atoms with Crippen LogP contribution in [-0.4, -0.2) is 6.54 Å². The molecule has 0 aliphatic heterocycles. The van der Waals surface area contributed by atoms with Gasteiger partial charge in [0.2, 0.25) is 0 Å². The van der Waals surface area contributed by atoms with Gasteiger partial charge in [-0.3, -0.25) is 0 Å². The van der Waals surface area contributed by atoms with Crippen LogP contribution in [0.5, 0.6) is 0 Å². The Kier molecular flexibility index (Phi) is 4.17. The maximum absolute atomic E-state index is 12.9. The summed E-state index contributed by atoms with van der Waals surface area (Å²) in [6.07, 6.45) is 9.58. The molecule has 0 heterocycles. The van der Waals surface area contributed by atoms with E-state index in [4.69, 9.17) is 6.42 Å². The normalized spacial score (nSPS) is 16.5. The molecule has 1 aliphatic carbocycles. The Labute approximate surface area is 102 Å². The second-order valence-electron chi connectivity index (χ2n) is 4.63. The predicted molar refractivity (Wildman–Crippen MR) is 67.9 cm³/mol. The Hall–Kier alpha value is -1.33. The Morgan fingerprint density at radius 3 is 2.65 bits per heavy atom. The molecule has 2 rings (SSSR count). The van der Waals surface area contributed by atoms with Gasteiger partial charge in [0.25, 0.3) is 0 Å². The fraction of sp³-hybridized carbons (Fsp3) is 0.467. The van der Waals surface area contributed by atoms with Crippen molar-refractivity contribution in [1.29, 1.82) is 0 Å².